The molecule has 0 bridgehead atoms. The highest BCUT2D eigenvalue weighted by atomic mass is 16.5. The first-order chi connectivity index (χ1) is 14.9. The molecule has 0 aromatic heterocycles. The van der Waals surface area contributed by atoms with Crippen molar-refractivity contribution >= 4 is 17.4 Å². The Morgan fingerprint density at radius 3 is 2.13 bits per heavy atom. The molecule has 0 spiro atoms. The van der Waals surface area contributed by atoms with E-state index < -0.39 is 12.1 Å². The molecule has 31 heavy (non-hydrogen) atoms. The smallest absolute Gasteiger partial charge is 0.300 e. The lowest BCUT2D eigenvalue weighted by Gasteiger charge is -2.36. The summed E-state index contributed by atoms with van der Waals surface area (Å²) in [5.41, 5.74) is 1.95. The monoisotopic (exact) mass is 428 g/mol. The molecule has 7 nitrogen and oxygen atoms in total. The first-order valence-corrected chi connectivity index (χ1v) is 10.5. The second-order valence-electron chi connectivity index (χ2n) is 7.41. The summed E-state index contributed by atoms with van der Waals surface area (Å²) in [4.78, 5) is 25.3. The fourth-order valence-electron chi connectivity index (χ4n) is 3.31. The third kappa shape index (κ3) is 8.78. The molecule has 7 heteroatoms. The Labute approximate surface area is 183 Å². The number of carbonyl (C=O) groups excluding carboxylic acids is 1. The molecular formula is C24H32N2O5. The van der Waals surface area contributed by atoms with E-state index in [0.29, 0.717) is 24.3 Å². The van der Waals surface area contributed by atoms with Crippen LogP contribution in [0.5, 0.6) is 5.75 Å². The van der Waals surface area contributed by atoms with Gasteiger partial charge in [0, 0.05) is 57.3 Å². The van der Waals surface area contributed by atoms with E-state index in [4.69, 9.17) is 14.6 Å². The number of anilines is 1. The number of para-hydroxylation sites is 1. The minimum atomic E-state index is -0.833. The molecule has 0 radical (unpaired) electrons. The van der Waals surface area contributed by atoms with E-state index in [1.807, 2.05) is 13.0 Å². The molecule has 2 aromatic rings. The van der Waals surface area contributed by atoms with Gasteiger partial charge in [0.1, 0.15) is 18.5 Å². The van der Waals surface area contributed by atoms with Crippen molar-refractivity contribution in [3.05, 3.63) is 60.2 Å². The topological polar surface area (TPSA) is 90.3 Å². The van der Waals surface area contributed by atoms with Crippen molar-refractivity contribution in [2.45, 2.75) is 26.4 Å². The van der Waals surface area contributed by atoms with Crippen LogP contribution in [0.25, 0.3) is 0 Å². The molecule has 1 fully saturated rings. The van der Waals surface area contributed by atoms with Gasteiger partial charge in [0.15, 0.2) is 5.78 Å². The van der Waals surface area contributed by atoms with E-state index in [1.165, 1.54) is 5.69 Å². The summed E-state index contributed by atoms with van der Waals surface area (Å²) < 4.78 is 5.67. The number of benzene rings is 2. The Morgan fingerprint density at radius 2 is 1.58 bits per heavy atom. The summed E-state index contributed by atoms with van der Waals surface area (Å²) in [6, 6.07) is 17.6. The Bertz CT molecular complexity index is 798. The fourth-order valence-corrected chi connectivity index (χ4v) is 3.31. The van der Waals surface area contributed by atoms with Crippen molar-refractivity contribution < 1.29 is 24.5 Å². The van der Waals surface area contributed by atoms with Gasteiger partial charge in [-0.2, -0.15) is 0 Å². The van der Waals surface area contributed by atoms with Gasteiger partial charge in [-0.15, -0.1) is 0 Å². The first kappa shape index (κ1) is 24.4. The van der Waals surface area contributed by atoms with Crippen LogP contribution in [0.15, 0.2) is 54.6 Å². The quantitative estimate of drug-likeness (QED) is 0.625. The lowest BCUT2D eigenvalue weighted by molar-refractivity contribution is -0.134. The van der Waals surface area contributed by atoms with Crippen molar-refractivity contribution in [2.75, 3.05) is 44.2 Å². The van der Waals surface area contributed by atoms with Gasteiger partial charge in [0.25, 0.3) is 5.97 Å². The first-order valence-electron chi connectivity index (χ1n) is 10.5. The number of Topliss-reactive ketones (excluding diaryl/α,β-unsaturated/α-hetero) is 1. The number of aliphatic hydroxyl groups is 1. The molecule has 1 atom stereocenters. The zero-order valence-electron chi connectivity index (χ0n) is 18.2. The molecule has 2 aromatic carbocycles. The van der Waals surface area contributed by atoms with Crippen LogP contribution >= 0.6 is 0 Å². The summed E-state index contributed by atoms with van der Waals surface area (Å²) in [5, 5.41) is 17.7. The third-order valence-electron chi connectivity index (χ3n) is 4.90. The number of aliphatic carboxylic acids is 1. The van der Waals surface area contributed by atoms with Crippen LogP contribution in [0.4, 0.5) is 5.69 Å². The molecule has 168 valence electrons. The number of rotatable bonds is 8. The zero-order valence-corrected chi connectivity index (χ0v) is 18.2. The molecule has 0 amide bonds. The number of ether oxygens (including phenoxy) is 1. The highest BCUT2D eigenvalue weighted by Crippen LogP contribution is 2.16. The number of aliphatic hydroxyl groups excluding tert-OH is 1. The molecule has 1 aliphatic rings. The van der Waals surface area contributed by atoms with Crippen LogP contribution in [0.2, 0.25) is 0 Å². The van der Waals surface area contributed by atoms with Crippen LogP contribution < -0.4 is 9.64 Å². The number of carbonyl (C=O) groups is 2. The van der Waals surface area contributed by atoms with Crippen molar-refractivity contribution in [2.24, 2.45) is 0 Å². The molecule has 0 saturated carbocycles. The minimum Gasteiger partial charge on any atom is -0.491 e. The van der Waals surface area contributed by atoms with E-state index in [1.54, 1.807) is 24.3 Å². The molecule has 1 unspecified atom stereocenters. The van der Waals surface area contributed by atoms with Gasteiger partial charge >= 0.3 is 0 Å². The van der Waals surface area contributed by atoms with E-state index in [0.717, 1.165) is 33.1 Å². The molecule has 1 saturated heterocycles. The summed E-state index contributed by atoms with van der Waals surface area (Å²) >= 11 is 0. The van der Waals surface area contributed by atoms with Gasteiger partial charge in [0.05, 0.1) is 0 Å². The van der Waals surface area contributed by atoms with E-state index in [2.05, 4.69) is 34.1 Å². The normalized spacial score (nSPS) is 14.9. The summed E-state index contributed by atoms with van der Waals surface area (Å²) in [6.45, 7) is 7.58. The van der Waals surface area contributed by atoms with Gasteiger partial charge in [-0.3, -0.25) is 14.5 Å². The van der Waals surface area contributed by atoms with E-state index in [-0.39, 0.29) is 12.4 Å². The Balaban J connectivity index is 0.000000785. The van der Waals surface area contributed by atoms with Gasteiger partial charge < -0.3 is 19.8 Å². The number of nitrogens with zero attached hydrogens (tertiary/aromatic N) is 2. The van der Waals surface area contributed by atoms with Crippen molar-refractivity contribution in [1.82, 2.24) is 4.90 Å². The Morgan fingerprint density at radius 1 is 1.00 bits per heavy atom. The molecule has 0 aliphatic carbocycles. The van der Waals surface area contributed by atoms with Gasteiger partial charge in [-0.25, -0.2) is 0 Å². The second kappa shape index (κ2) is 12.7. The molecular weight excluding hydrogens is 396 g/mol. The number of ketones is 1. The van der Waals surface area contributed by atoms with E-state index >= 15 is 0 Å². The van der Waals surface area contributed by atoms with Gasteiger partial charge in [-0.05, 0) is 36.4 Å². The second-order valence-corrected chi connectivity index (χ2v) is 7.41. The predicted octanol–water partition coefficient (Wildman–Crippen LogP) is 2.93. The lowest BCUT2D eigenvalue weighted by Crippen LogP contribution is -2.49. The summed E-state index contributed by atoms with van der Waals surface area (Å²) in [5.74, 6) is -0.0353. The van der Waals surface area contributed by atoms with Crippen molar-refractivity contribution in [3.8, 4) is 5.75 Å². The number of hydrogen-bond donors (Lipinski definition) is 2. The highest BCUT2D eigenvalue weighted by Gasteiger charge is 2.19. The number of carboxylic acid groups (broad SMARTS) is 1. The van der Waals surface area contributed by atoms with Crippen LogP contribution in [-0.2, 0) is 4.79 Å². The van der Waals surface area contributed by atoms with Gasteiger partial charge in [-0.1, -0.05) is 25.1 Å². The largest absolute Gasteiger partial charge is 0.491 e. The third-order valence-corrected chi connectivity index (χ3v) is 4.90. The Hall–Kier alpha value is -2.90. The number of piperazine rings is 1. The number of β-amino-alcohol motifs (C(OH)–C–C–N with tert-alkyl or cyclic N) is 1. The van der Waals surface area contributed by atoms with Crippen LogP contribution in [0.1, 0.15) is 30.6 Å². The zero-order chi connectivity index (χ0) is 22.6. The minimum absolute atomic E-state index is 0.122. The SMILES string of the molecule is CC(=O)O.CCC(=O)c1ccc(OCC(O)CN2CCN(c3ccccc3)CC2)cc1. The van der Waals surface area contributed by atoms with Crippen LogP contribution in [0.3, 0.4) is 0 Å². The van der Waals surface area contributed by atoms with Crippen LogP contribution in [-0.4, -0.2) is 72.3 Å². The maximum atomic E-state index is 11.6. The van der Waals surface area contributed by atoms with Crippen molar-refractivity contribution in [3.63, 3.8) is 0 Å². The molecule has 3 rings (SSSR count). The molecule has 1 aliphatic heterocycles. The van der Waals surface area contributed by atoms with Crippen molar-refractivity contribution in [1.29, 1.82) is 0 Å². The summed E-state index contributed by atoms with van der Waals surface area (Å²) in [7, 11) is 0. The average Bonchev–Trinajstić information content (AvgIpc) is 2.78. The fraction of sp³-hybridized carbons (Fsp3) is 0.417. The number of carboxylic acids is 1. The van der Waals surface area contributed by atoms with E-state index in [9.17, 15) is 9.90 Å². The standard InChI is InChI=1S/C22H28N2O3.C2H4O2/c1-2-22(26)18-8-10-21(11-9-18)27-17-20(25)16-23-12-14-24(15-13-23)19-6-4-3-5-7-19;1-2(3)4/h3-11,20,25H,2,12-17H2,1H3;1H3,(H,3,4). The number of hydrogen-bond acceptors (Lipinski definition) is 6. The maximum Gasteiger partial charge on any atom is 0.300 e. The van der Waals surface area contributed by atoms with Crippen LogP contribution in [0, 0.1) is 0 Å². The highest BCUT2D eigenvalue weighted by molar-refractivity contribution is 5.95. The summed E-state index contributed by atoms with van der Waals surface area (Å²) in [6.07, 6.45) is -0.0403. The molecule has 1 heterocycles. The maximum absolute atomic E-state index is 11.6. The lowest BCUT2D eigenvalue weighted by atomic mass is 10.1. The average molecular weight is 429 g/mol. The predicted molar refractivity (Wildman–Crippen MR) is 121 cm³/mol. The Kier molecular flexibility index (Phi) is 10.00. The molecule has 2 N–H and O–H groups in total. The van der Waals surface area contributed by atoms with Gasteiger partial charge in [0.2, 0.25) is 0 Å².